The van der Waals surface area contributed by atoms with E-state index in [1.165, 1.54) is 18.2 Å². The van der Waals surface area contributed by atoms with Crippen LogP contribution in [0.4, 0.5) is 13.6 Å². The fourth-order valence-electron chi connectivity index (χ4n) is 4.91. The van der Waals surface area contributed by atoms with Crippen LogP contribution in [0.1, 0.15) is 48.4 Å². The second-order valence-corrected chi connectivity index (χ2v) is 8.71. The molecule has 2 amide bonds. The van der Waals surface area contributed by atoms with E-state index >= 15 is 0 Å². The minimum absolute atomic E-state index is 0.0331. The van der Waals surface area contributed by atoms with Crippen LogP contribution in [0, 0.1) is 11.6 Å². The van der Waals surface area contributed by atoms with Gasteiger partial charge in [0.15, 0.2) is 0 Å². The molecule has 3 aromatic carbocycles. The quantitative estimate of drug-likeness (QED) is 0.514. The van der Waals surface area contributed by atoms with Gasteiger partial charge in [0.25, 0.3) is 0 Å². The maximum Gasteiger partial charge on any atom is 0.315 e. The molecule has 0 bridgehead atoms. The first kappa shape index (κ1) is 21.6. The number of hydrogen-bond acceptors (Lipinski definition) is 2. The van der Waals surface area contributed by atoms with Crippen LogP contribution in [-0.2, 0) is 11.3 Å². The van der Waals surface area contributed by atoms with Crippen LogP contribution in [0.15, 0.2) is 66.7 Å². The zero-order valence-corrected chi connectivity index (χ0v) is 18.2. The highest BCUT2D eigenvalue weighted by atomic mass is 19.1. The minimum atomic E-state index is -0.586. The van der Waals surface area contributed by atoms with E-state index in [4.69, 9.17) is 4.74 Å². The third kappa shape index (κ3) is 4.48. The van der Waals surface area contributed by atoms with E-state index in [2.05, 4.69) is 34.9 Å². The lowest BCUT2D eigenvalue weighted by Gasteiger charge is -2.29. The van der Waals surface area contributed by atoms with Gasteiger partial charge in [-0.25, -0.2) is 13.6 Å². The Morgan fingerprint density at radius 1 is 0.788 bits per heavy atom. The smallest absolute Gasteiger partial charge is 0.315 e. The summed E-state index contributed by atoms with van der Waals surface area (Å²) in [5.41, 5.74) is 4.48. The van der Waals surface area contributed by atoms with Crippen molar-refractivity contribution in [1.29, 1.82) is 0 Å². The molecule has 170 valence electrons. The number of carbonyl (C=O) groups excluding carboxylic acids is 1. The molecule has 4 nitrogen and oxygen atoms in total. The summed E-state index contributed by atoms with van der Waals surface area (Å²) >= 11 is 0. The van der Waals surface area contributed by atoms with Gasteiger partial charge in [0.1, 0.15) is 11.6 Å². The second kappa shape index (κ2) is 9.32. The first-order valence-corrected chi connectivity index (χ1v) is 11.4. The molecule has 2 aliphatic rings. The molecule has 0 aliphatic heterocycles. The van der Waals surface area contributed by atoms with Gasteiger partial charge in [0.05, 0.1) is 18.8 Å². The Morgan fingerprint density at radius 2 is 1.36 bits per heavy atom. The lowest BCUT2D eigenvalue weighted by molar-refractivity contribution is 0.00951. The maximum atomic E-state index is 13.8. The predicted octanol–water partition coefficient (Wildman–Crippen LogP) is 5.86. The predicted molar refractivity (Wildman–Crippen MR) is 123 cm³/mol. The molecular weight excluding hydrogens is 422 g/mol. The highest BCUT2D eigenvalue weighted by molar-refractivity contribution is 5.82. The van der Waals surface area contributed by atoms with Crippen molar-refractivity contribution in [2.75, 3.05) is 0 Å². The molecule has 2 N–H and O–H groups in total. The Kier molecular flexibility index (Phi) is 6.09. The number of ether oxygens (including phenoxy) is 1. The van der Waals surface area contributed by atoms with Gasteiger partial charge in [0, 0.05) is 11.6 Å². The minimum Gasteiger partial charge on any atom is -0.373 e. The average molecular weight is 449 g/mol. The van der Waals surface area contributed by atoms with Crippen LogP contribution in [-0.4, -0.2) is 18.2 Å². The normalized spacial score (nSPS) is 19.6. The number of nitrogens with one attached hydrogen (secondary N) is 2. The van der Waals surface area contributed by atoms with Gasteiger partial charge in [0.2, 0.25) is 0 Å². The molecule has 0 aromatic heterocycles. The molecule has 0 spiro atoms. The Bertz CT molecular complexity index is 1090. The van der Waals surface area contributed by atoms with Crippen molar-refractivity contribution in [2.24, 2.45) is 0 Å². The van der Waals surface area contributed by atoms with Crippen LogP contribution < -0.4 is 10.6 Å². The number of hydrogen-bond donors (Lipinski definition) is 2. The van der Waals surface area contributed by atoms with E-state index in [1.54, 1.807) is 0 Å². The van der Waals surface area contributed by atoms with E-state index in [0.29, 0.717) is 0 Å². The summed E-state index contributed by atoms with van der Waals surface area (Å²) in [7, 11) is 0. The van der Waals surface area contributed by atoms with Crippen molar-refractivity contribution in [2.45, 2.75) is 50.5 Å². The molecule has 6 heteroatoms. The van der Waals surface area contributed by atoms with Gasteiger partial charge >= 0.3 is 6.03 Å². The molecule has 3 aromatic rings. The van der Waals surface area contributed by atoms with E-state index in [9.17, 15) is 13.6 Å². The number of benzene rings is 3. The molecule has 0 radical (unpaired) electrons. The lowest BCUT2D eigenvalue weighted by Crippen LogP contribution is -2.45. The molecule has 1 saturated carbocycles. The van der Waals surface area contributed by atoms with Crippen LogP contribution in [0.5, 0.6) is 0 Å². The summed E-state index contributed by atoms with van der Waals surface area (Å²) in [6.45, 7) is -0.0811. The number of amides is 2. The topological polar surface area (TPSA) is 50.4 Å². The Labute approximate surface area is 192 Å². The highest BCUT2D eigenvalue weighted by Gasteiger charge is 2.30. The second-order valence-electron chi connectivity index (χ2n) is 8.71. The number of halogens is 2. The van der Waals surface area contributed by atoms with Gasteiger partial charge in [-0.2, -0.15) is 0 Å². The standard InChI is InChI=1S/C27H26F2N2O2/c28-24-10-5-11-25(29)23(24)16-33-18-14-12-17(13-15-18)30-27(32)31-26-21-8-3-1-6-19(21)20-7-2-4-9-22(20)26/h1-11,17-18,26H,12-16H2,(H2,30,31,32). The third-order valence-electron chi connectivity index (χ3n) is 6.64. The third-order valence-corrected chi connectivity index (χ3v) is 6.64. The molecule has 1 fully saturated rings. The number of urea groups is 1. The maximum absolute atomic E-state index is 13.8. The number of fused-ring (bicyclic) bond motifs is 3. The number of carbonyl (C=O) groups is 1. The van der Waals surface area contributed by atoms with E-state index in [-0.39, 0.29) is 36.4 Å². The van der Waals surface area contributed by atoms with Gasteiger partial charge in [-0.1, -0.05) is 54.6 Å². The fourth-order valence-corrected chi connectivity index (χ4v) is 4.91. The first-order valence-electron chi connectivity index (χ1n) is 11.4. The molecule has 5 rings (SSSR count). The summed E-state index contributed by atoms with van der Waals surface area (Å²) < 4.78 is 33.3. The zero-order valence-electron chi connectivity index (χ0n) is 18.2. The molecule has 0 atom stereocenters. The molecule has 0 saturated heterocycles. The van der Waals surface area contributed by atoms with Crippen molar-refractivity contribution in [3.63, 3.8) is 0 Å². The van der Waals surface area contributed by atoms with Crippen molar-refractivity contribution in [1.82, 2.24) is 10.6 Å². The van der Waals surface area contributed by atoms with Gasteiger partial charge in [-0.05, 0) is 60.1 Å². The van der Waals surface area contributed by atoms with Crippen LogP contribution >= 0.6 is 0 Å². The van der Waals surface area contributed by atoms with E-state index in [0.717, 1.165) is 47.9 Å². The summed E-state index contributed by atoms with van der Waals surface area (Å²) in [5, 5.41) is 6.24. The van der Waals surface area contributed by atoms with Crippen LogP contribution in [0.3, 0.4) is 0 Å². The highest BCUT2D eigenvalue weighted by Crippen LogP contribution is 2.43. The largest absolute Gasteiger partial charge is 0.373 e. The van der Waals surface area contributed by atoms with Crippen molar-refractivity contribution in [3.8, 4) is 11.1 Å². The summed E-state index contributed by atoms with van der Waals surface area (Å²) in [5.74, 6) is -1.17. The molecule has 0 unspecified atom stereocenters. The van der Waals surface area contributed by atoms with Crippen molar-refractivity contribution in [3.05, 3.63) is 95.1 Å². The van der Waals surface area contributed by atoms with E-state index in [1.807, 2.05) is 24.3 Å². The van der Waals surface area contributed by atoms with Crippen LogP contribution in [0.25, 0.3) is 11.1 Å². The van der Waals surface area contributed by atoms with E-state index < -0.39 is 11.6 Å². The van der Waals surface area contributed by atoms with Gasteiger partial charge in [-0.3, -0.25) is 0 Å². The average Bonchev–Trinajstić information content (AvgIpc) is 3.14. The van der Waals surface area contributed by atoms with Crippen LogP contribution in [0.2, 0.25) is 0 Å². The Hall–Kier alpha value is -3.25. The molecule has 33 heavy (non-hydrogen) atoms. The molecular formula is C27H26F2N2O2. The zero-order chi connectivity index (χ0) is 22.8. The summed E-state index contributed by atoms with van der Waals surface area (Å²) in [6, 6.07) is 19.8. The van der Waals surface area contributed by atoms with Gasteiger partial charge < -0.3 is 15.4 Å². The summed E-state index contributed by atoms with van der Waals surface area (Å²) in [4.78, 5) is 12.8. The molecule has 0 heterocycles. The monoisotopic (exact) mass is 448 g/mol. The van der Waals surface area contributed by atoms with Gasteiger partial charge in [-0.15, -0.1) is 0 Å². The SMILES string of the molecule is O=C(NC1CCC(OCc2c(F)cccc2F)CC1)NC1c2ccccc2-c2ccccc21. The van der Waals surface area contributed by atoms with Crippen molar-refractivity contribution >= 4 is 6.03 Å². The summed E-state index contributed by atoms with van der Waals surface area (Å²) in [6.07, 6.45) is 2.91. The lowest BCUT2D eigenvalue weighted by atomic mass is 9.93. The Balaban J connectivity index is 1.14. The molecule has 2 aliphatic carbocycles. The Morgan fingerprint density at radius 3 is 1.97 bits per heavy atom. The number of rotatable bonds is 5. The van der Waals surface area contributed by atoms with Crippen molar-refractivity contribution < 1.29 is 18.3 Å². The first-order chi connectivity index (χ1) is 16.1. The fraction of sp³-hybridized carbons (Fsp3) is 0.296.